The van der Waals surface area contributed by atoms with Gasteiger partial charge in [-0.05, 0) is 18.2 Å². The maximum atomic E-state index is 11.8. The molecule has 0 saturated carbocycles. The van der Waals surface area contributed by atoms with Gasteiger partial charge in [-0.1, -0.05) is 18.5 Å². The van der Waals surface area contributed by atoms with Crippen LogP contribution < -0.4 is 10.6 Å². The fourth-order valence-corrected chi connectivity index (χ4v) is 1.61. The van der Waals surface area contributed by atoms with Crippen LogP contribution in [0.2, 0.25) is 5.02 Å². The number of anilines is 2. The predicted octanol–water partition coefficient (Wildman–Crippen LogP) is 2.06. The lowest BCUT2D eigenvalue weighted by atomic mass is 10.2. The third-order valence-electron chi connectivity index (χ3n) is 2.45. The van der Waals surface area contributed by atoms with E-state index in [2.05, 4.69) is 25.8 Å². The van der Waals surface area contributed by atoms with Crippen molar-refractivity contribution in [2.24, 2.45) is 0 Å². The Kier molecular flexibility index (Phi) is 4.31. The second-order valence-corrected chi connectivity index (χ2v) is 4.29. The highest BCUT2D eigenvalue weighted by Crippen LogP contribution is 2.25. The van der Waals surface area contributed by atoms with Crippen LogP contribution in [0, 0.1) is 0 Å². The van der Waals surface area contributed by atoms with E-state index in [1.165, 1.54) is 6.33 Å². The molecule has 0 aliphatic heterocycles. The van der Waals surface area contributed by atoms with E-state index in [-0.39, 0.29) is 11.7 Å². The molecule has 104 valence electrons. The van der Waals surface area contributed by atoms with Crippen LogP contribution in [0.15, 0.2) is 24.5 Å². The van der Waals surface area contributed by atoms with Crippen LogP contribution in [0.5, 0.6) is 0 Å². The molecular formula is C12H12ClN5O2. The van der Waals surface area contributed by atoms with Gasteiger partial charge in [0.05, 0.1) is 10.7 Å². The standard InChI is InChI=1S/C12H12ClN5O2/c1-2-10(19)16-7-3-4-8(13)9(5-7)17-12(20)11-14-6-15-18-11/h3-6H,2H2,1H3,(H,16,19)(H,17,20)(H,14,15,18). The second-order valence-electron chi connectivity index (χ2n) is 3.88. The number of benzene rings is 1. The van der Waals surface area contributed by atoms with Crippen LogP contribution in [-0.4, -0.2) is 27.0 Å². The van der Waals surface area contributed by atoms with E-state index in [9.17, 15) is 9.59 Å². The highest BCUT2D eigenvalue weighted by molar-refractivity contribution is 6.34. The molecule has 8 heteroatoms. The van der Waals surface area contributed by atoms with Gasteiger partial charge >= 0.3 is 0 Å². The average molecular weight is 294 g/mol. The number of aromatic amines is 1. The van der Waals surface area contributed by atoms with Gasteiger partial charge < -0.3 is 10.6 Å². The lowest BCUT2D eigenvalue weighted by molar-refractivity contribution is -0.115. The lowest BCUT2D eigenvalue weighted by Crippen LogP contribution is -2.15. The van der Waals surface area contributed by atoms with Crippen molar-refractivity contribution in [3.63, 3.8) is 0 Å². The Morgan fingerprint density at radius 2 is 2.15 bits per heavy atom. The first-order chi connectivity index (χ1) is 9.60. The Morgan fingerprint density at radius 3 is 2.80 bits per heavy atom. The minimum absolute atomic E-state index is 0.0732. The molecule has 2 amide bonds. The summed E-state index contributed by atoms with van der Waals surface area (Å²) in [6.07, 6.45) is 1.59. The predicted molar refractivity (Wildman–Crippen MR) is 74.7 cm³/mol. The molecule has 0 spiro atoms. The number of hydrogen-bond donors (Lipinski definition) is 3. The Labute approximate surface area is 119 Å². The summed E-state index contributed by atoms with van der Waals surface area (Å²) >= 11 is 6.00. The molecule has 1 aromatic heterocycles. The number of H-pyrrole nitrogens is 1. The van der Waals surface area contributed by atoms with Gasteiger partial charge in [0, 0.05) is 12.1 Å². The molecule has 2 rings (SSSR count). The molecule has 0 atom stereocenters. The Morgan fingerprint density at radius 1 is 1.35 bits per heavy atom. The molecule has 0 radical (unpaired) electrons. The number of halogens is 1. The van der Waals surface area contributed by atoms with Crippen LogP contribution in [0.4, 0.5) is 11.4 Å². The SMILES string of the molecule is CCC(=O)Nc1ccc(Cl)c(NC(=O)c2ncn[nH]2)c1. The Hall–Kier alpha value is -2.41. The molecule has 20 heavy (non-hydrogen) atoms. The molecule has 0 saturated heterocycles. The van der Waals surface area contributed by atoms with Crippen molar-refractivity contribution >= 4 is 34.8 Å². The zero-order chi connectivity index (χ0) is 14.5. The Bertz CT molecular complexity index is 627. The zero-order valence-corrected chi connectivity index (χ0v) is 11.4. The summed E-state index contributed by atoms with van der Waals surface area (Å²) in [6, 6.07) is 4.81. The van der Waals surface area contributed by atoms with Crippen molar-refractivity contribution in [2.45, 2.75) is 13.3 Å². The smallest absolute Gasteiger partial charge is 0.293 e. The zero-order valence-electron chi connectivity index (χ0n) is 10.6. The molecule has 1 aromatic carbocycles. The number of rotatable bonds is 4. The second kappa shape index (κ2) is 6.16. The highest BCUT2D eigenvalue weighted by Gasteiger charge is 2.12. The number of carbonyl (C=O) groups excluding carboxylic acids is 2. The molecular weight excluding hydrogens is 282 g/mol. The summed E-state index contributed by atoms with van der Waals surface area (Å²) in [5.41, 5.74) is 0.927. The van der Waals surface area contributed by atoms with Crippen LogP contribution in [0.25, 0.3) is 0 Å². The van der Waals surface area contributed by atoms with E-state index >= 15 is 0 Å². The van der Waals surface area contributed by atoms with Crippen LogP contribution in [-0.2, 0) is 4.79 Å². The fraction of sp³-hybridized carbons (Fsp3) is 0.167. The maximum Gasteiger partial charge on any atom is 0.293 e. The molecule has 0 unspecified atom stereocenters. The van der Waals surface area contributed by atoms with E-state index in [1.54, 1.807) is 25.1 Å². The monoisotopic (exact) mass is 293 g/mol. The van der Waals surface area contributed by atoms with E-state index in [4.69, 9.17) is 11.6 Å². The lowest BCUT2D eigenvalue weighted by Gasteiger charge is -2.09. The summed E-state index contributed by atoms with van der Waals surface area (Å²) in [5.74, 6) is -0.521. The van der Waals surface area contributed by atoms with Crippen molar-refractivity contribution in [3.05, 3.63) is 35.4 Å². The first-order valence-electron chi connectivity index (χ1n) is 5.86. The van der Waals surface area contributed by atoms with Crippen molar-refractivity contribution in [2.75, 3.05) is 10.6 Å². The maximum absolute atomic E-state index is 11.8. The molecule has 2 aromatic rings. The van der Waals surface area contributed by atoms with Gasteiger partial charge in [-0.15, -0.1) is 0 Å². The molecule has 0 fully saturated rings. The van der Waals surface area contributed by atoms with Crippen molar-refractivity contribution in [3.8, 4) is 0 Å². The summed E-state index contributed by atoms with van der Waals surface area (Å²) < 4.78 is 0. The van der Waals surface area contributed by atoms with Crippen molar-refractivity contribution < 1.29 is 9.59 Å². The molecule has 7 nitrogen and oxygen atoms in total. The summed E-state index contributed by atoms with van der Waals surface area (Å²) in [7, 11) is 0. The number of carbonyl (C=O) groups is 2. The molecule has 0 aliphatic carbocycles. The van der Waals surface area contributed by atoms with E-state index < -0.39 is 5.91 Å². The normalized spacial score (nSPS) is 10.1. The number of nitrogens with one attached hydrogen (secondary N) is 3. The van der Waals surface area contributed by atoms with Gasteiger partial charge in [-0.3, -0.25) is 14.7 Å². The van der Waals surface area contributed by atoms with Crippen LogP contribution in [0.1, 0.15) is 24.0 Å². The van der Waals surface area contributed by atoms with Gasteiger partial charge in [0.15, 0.2) is 0 Å². The fourth-order valence-electron chi connectivity index (χ4n) is 1.44. The van der Waals surface area contributed by atoms with Crippen molar-refractivity contribution in [1.29, 1.82) is 0 Å². The largest absolute Gasteiger partial charge is 0.326 e. The molecule has 3 N–H and O–H groups in total. The quantitative estimate of drug-likeness (QED) is 0.803. The Balaban J connectivity index is 2.16. The summed E-state index contributed by atoms with van der Waals surface area (Å²) in [6.45, 7) is 1.75. The number of hydrogen-bond acceptors (Lipinski definition) is 4. The topological polar surface area (TPSA) is 99.8 Å². The minimum Gasteiger partial charge on any atom is -0.326 e. The van der Waals surface area contributed by atoms with Crippen LogP contribution in [0.3, 0.4) is 0 Å². The van der Waals surface area contributed by atoms with E-state index in [0.717, 1.165) is 0 Å². The highest BCUT2D eigenvalue weighted by atomic mass is 35.5. The number of aromatic nitrogens is 3. The van der Waals surface area contributed by atoms with Gasteiger partial charge in [0.2, 0.25) is 11.7 Å². The third-order valence-corrected chi connectivity index (χ3v) is 2.78. The van der Waals surface area contributed by atoms with Gasteiger partial charge in [0.25, 0.3) is 5.91 Å². The molecule has 0 bridgehead atoms. The van der Waals surface area contributed by atoms with Gasteiger partial charge in [0.1, 0.15) is 6.33 Å². The summed E-state index contributed by atoms with van der Waals surface area (Å²) in [5, 5.41) is 11.7. The van der Waals surface area contributed by atoms with Gasteiger partial charge in [-0.25, -0.2) is 4.98 Å². The average Bonchev–Trinajstić information content (AvgIpc) is 2.96. The summed E-state index contributed by atoms with van der Waals surface area (Å²) in [4.78, 5) is 26.9. The first-order valence-corrected chi connectivity index (χ1v) is 6.24. The minimum atomic E-state index is -0.469. The van der Waals surface area contributed by atoms with Crippen LogP contribution >= 0.6 is 11.6 Å². The molecule has 1 heterocycles. The van der Waals surface area contributed by atoms with Crippen molar-refractivity contribution in [1.82, 2.24) is 15.2 Å². The first kappa shape index (κ1) is 14.0. The number of nitrogens with zero attached hydrogens (tertiary/aromatic N) is 2. The van der Waals surface area contributed by atoms with E-state index in [0.29, 0.717) is 22.8 Å². The van der Waals surface area contributed by atoms with Gasteiger partial charge in [-0.2, -0.15) is 5.10 Å². The third kappa shape index (κ3) is 3.33. The molecule has 0 aliphatic rings. The number of amides is 2. The van der Waals surface area contributed by atoms with E-state index in [1.807, 2.05) is 0 Å².